The van der Waals surface area contributed by atoms with Crippen molar-refractivity contribution in [2.75, 3.05) is 17.2 Å². The van der Waals surface area contributed by atoms with Gasteiger partial charge in [-0.15, -0.1) is 0 Å². The van der Waals surface area contributed by atoms with Gasteiger partial charge >= 0.3 is 0 Å². The van der Waals surface area contributed by atoms with Gasteiger partial charge in [-0.3, -0.25) is 19.9 Å². The predicted octanol–water partition coefficient (Wildman–Crippen LogP) is -0.237. The van der Waals surface area contributed by atoms with Crippen LogP contribution in [0.4, 0.5) is 11.4 Å². The Hall–Kier alpha value is -2.28. The van der Waals surface area contributed by atoms with Gasteiger partial charge in [-0.05, 0) is 24.6 Å². The maximum absolute atomic E-state index is 12.2. The lowest BCUT2D eigenvalue weighted by Gasteiger charge is -2.33. The average molecular weight is 264 g/mol. The van der Waals surface area contributed by atoms with E-state index in [1.165, 1.54) is 4.90 Å². The lowest BCUT2D eigenvalue weighted by molar-refractivity contribution is -0.129. The molecule has 19 heavy (non-hydrogen) atoms. The van der Waals surface area contributed by atoms with Gasteiger partial charge in [0.05, 0.1) is 5.69 Å². The Morgan fingerprint density at radius 3 is 2.89 bits per heavy atom. The zero-order chi connectivity index (χ0) is 14.0. The number of nitrogens with zero attached hydrogens (tertiary/aromatic N) is 1. The van der Waals surface area contributed by atoms with Crippen LogP contribution in [0.5, 0.6) is 5.75 Å². The Morgan fingerprint density at radius 1 is 1.53 bits per heavy atom. The number of nitrogen functional groups attached to an aromatic ring is 1. The van der Waals surface area contributed by atoms with Crippen LogP contribution in [0.3, 0.4) is 0 Å². The van der Waals surface area contributed by atoms with E-state index in [1.54, 1.807) is 18.2 Å². The van der Waals surface area contributed by atoms with Crippen LogP contribution in [0.25, 0.3) is 0 Å². The van der Waals surface area contributed by atoms with Crippen LogP contribution >= 0.6 is 0 Å². The molecule has 102 valence electrons. The smallest absolute Gasteiger partial charge is 0.268 e. The van der Waals surface area contributed by atoms with E-state index in [1.807, 2.05) is 12.3 Å². The van der Waals surface area contributed by atoms with E-state index < -0.39 is 12.0 Å². The van der Waals surface area contributed by atoms with Crippen molar-refractivity contribution in [3.05, 3.63) is 18.2 Å². The number of anilines is 2. The molecule has 2 amide bonds. The molecule has 0 aromatic heterocycles. The van der Waals surface area contributed by atoms with Gasteiger partial charge in [-0.2, -0.15) is 0 Å². The fraction of sp³-hybridized carbons (Fsp3) is 0.333. The quantitative estimate of drug-likeness (QED) is 0.302. The Balaban J connectivity index is 2.41. The summed E-state index contributed by atoms with van der Waals surface area (Å²) in [4.78, 5) is 25.0. The molecule has 7 nitrogen and oxygen atoms in total. The molecule has 1 aliphatic rings. The van der Waals surface area contributed by atoms with Crippen molar-refractivity contribution in [3.8, 4) is 5.75 Å². The number of nitrogens with one attached hydrogen (secondary N) is 1. The summed E-state index contributed by atoms with van der Waals surface area (Å²) in [6.07, 6.45) is -0.0784. The van der Waals surface area contributed by atoms with E-state index in [9.17, 15) is 9.59 Å². The van der Waals surface area contributed by atoms with Crippen molar-refractivity contribution in [2.24, 2.45) is 5.84 Å². The maximum Gasteiger partial charge on any atom is 0.268 e. The summed E-state index contributed by atoms with van der Waals surface area (Å²) in [5.41, 5.74) is 8.68. The van der Waals surface area contributed by atoms with Crippen LogP contribution in [-0.4, -0.2) is 24.5 Å². The minimum absolute atomic E-state index is 0.161. The second kappa shape index (κ2) is 5.15. The SMILES string of the molecule is CCC1Oc2ccc(N)cc2N(CC(=O)NN)C1=O. The summed E-state index contributed by atoms with van der Waals surface area (Å²) in [6.45, 7) is 1.68. The van der Waals surface area contributed by atoms with Gasteiger partial charge in [-0.1, -0.05) is 6.92 Å². The van der Waals surface area contributed by atoms with E-state index in [0.717, 1.165) is 0 Å². The van der Waals surface area contributed by atoms with Gasteiger partial charge in [-0.25, -0.2) is 5.84 Å². The van der Waals surface area contributed by atoms with E-state index in [2.05, 4.69) is 0 Å². The topological polar surface area (TPSA) is 111 Å². The van der Waals surface area contributed by atoms with Gasteiger partial charge in [0.1, 0.15) is 12.3 Å². The lowest BCUT2D eigenvalue weighted by Crippen LogP contribution is -2.50. The van der Waals surface area contributed by atoms with Gasteiger partial charge in [0.25, 0.3) is 11.8 Å². The highest BCUT2D eigenvalue weighted by Crippen LogP contribution is 2.36. The zero-order valence-electron chi connectivity index (χ0n) is 10.6. The van der Waals surface area contributed by atoms with E-state index >= 15 is 0 Å². The molecule has 1 aliphatic heterocycles. The van der Waals surface area contributed by atoms with E-state index in [-0.39, 0.29) is 12.5 Å². The molecular formula is C12H16N4O3. The molecule has 1 heterocycles. The number of carbonyl (C=O) groups excluding carboxylic acids is 2. The van der Waals surface area contributed by atoms with Crippen molar-refractivity contribution < 1.29 is 14.3 Å². The largest absolute Gasteiger partial charge is 0.478 e. The molecule has 1 aromatic carbocycles. The molecule has 0 saturated carbocycles. The van der Waals surface area contributed by atoms with Crippen LogP contribution < -0.4 is 26.6 Å². The number of carbonyl (C=O) groups is 2. The van der Waals surface area contributed by atoms with Gasteiger partial charge < -0.3 is 10.5 Å². The Labute approximate surface area is 110 Å². The molecule has 0 aliphatic carbocycles. The molecule has 1 aromatic rings. The van der Waals surface area contributed by atoms with Crippen LogP contribution in [0, 0.1) is 0 Å². The number of hydrogen-bond acceptors (Lipinski definition) is 5. The molecule has 0 fully saturated rings. The van der Waals surface area contributed by atoms with E-state index in [0.29, 0.717) is 23.5 Å². The van der Waals surface area contributed by atoms with E-state index in [4.69, 9.17) is 16.3 Å². The normalized spacial score (nSPS) is 17.7. The summed E-state index contributed by atoms with van der Waals surface area (Å²) in [6, 6.07) is 4.97. The number of hydrazine groups is 1. The van der Waals surface area contributed by atoms with Crippen molar-refractivity contribution in [1.29, 1.82) is 0 Å². The monoisotopic (exact) mass is 264 g/mol. The maximum atomic E-state index is 12.2. The highest BCUT2D eigenvalue weighted by Gasteiger charge is 2.34. The molecule has 0 radical (unpaired) electrons. The first-order valence-electron chi connectivity index (χ1n) is 5.93. The first-order valence-corrected chi connectivity index (χ1v) is 5.93. The molecule has 7 heteroatoms. The third kappa shape index (κ3) is 2.45. The summed E-state index contributed by atoms with van der Waals surface area (Å²) in [5.74, 6) is 4.86. The van der Waals surface area contributed by atoms with Gasteiger partial charge in [0.2, 0.25) is 0 Å². The molecule has 1 atom stereocenters. The minimum Gasteiger partial charge on any atom is -0.478 e. The second-order valence-electron chi connectivity index (χ2n) is 4.23. The number of ether oxygens (including phenoxy) is 1. The fourth-order valence-corrected chi connectivity index (χ4v) is 1.95. The number of benzene rings is 1. The highest BCUT2D eigenvalue weighted by molar-refractivity contribution is 6.04. The number of amides is 2. The predicted molar refractivity (Wildman–Crippen MR) is 70.2 cm³/mol. The molecule has 0 spiro atoms. The molecule has 0 bridgehead atoms. The molecule has 2 rings (SSSR count). The standard InChI is InChI=1S/C12H16N4O3/c1-2-9-12(18)16(6-11(17)15-14)8-5-7(13)3-4-10(8)19-9/h3-5,9H,2,6,13-14H2,1H3,(H,15,17). The van der Waals surface area contributed by atoms with Crippen molar-refractivity contribution >= 4 is 23.2 Å². The van der Waals surface area contributed by atoms with Crippen molar-refractivity contribution in [1.82, 2.24) is 5.43 Å². The molecule has 5 N–H and O–H groups in total. The van der Waals surface area contributed by atoms with Crippen molar-refractivity contribution in [3.63, 3.8) is 0 Å². The molecular weight excluding hydrogens is 248 g/mol. The van der Waals surface area contributed by atoms with Crippen LogP contribution in [0.2, 0.25) is 0 Å². The highest BCUT2D eigenvalue weighted by atomic mass is 16.5. The van der Waals surface area contributed by atoms with Gasteiger partial charge in [0.15, 0.2) is 6.10 Å². The summed E-state index contributed by atoms with van der Waals surface area (Å²) in [5, 5.41) is 0. The van der Waals surface area contributed by atoms with Crippen LogP contribution in [0.15, 0.2) is 18.2 Å². The Morgan fingerprint density at radius 2 is 2.26 bits per heavy atom. The fourth-order valence-electron chi connectivity index (χ4n) is 1.95. The minimum atomic E-state index is -0.596. The van der Waals surface area contributed by atoms with Gasteiger partial charge in [0, 0.05) is 5.69 Å². The summed E-state index contributed by atoms with van der Waals surface area (Å²) in [7, 11) is 0. The summed E-state index contributed by atoms with van der Waals surface area (Å²) < 4.78 is 5.58. The third-order valence-electron chi connectivity index (χ3n) is 2.92. The third-order valence-corrected chi connectivity index (χ3v) is 2.92. The summed E-state index contributed by atoms with van der Waals surface area (Å²) >= 11 is 0. The number of nitrogens with two attached hydrogens (primary N) is 2. The Bertz CT molecular complexity index is 518. The number of hydrogen-bond donors (Lipinski definition) is 3. The second-order valence-corrected chi connectivity index (χ2v) is 4.23. The molecule has 0 saturated heterocycles. The molecule has 1 unspecified atom stereocenters. The first-order chi connectivity index (χ1) is 9.06. The number of rotatable bonds is 3. The van der Waals surface area contributed by atoms with Crippen LogP contribution in [-0.2, 0) is 9.59 Å². The Kier molecular flexibility index (Phi) is 3.57. The average Bonchev–Trinajstić information content (AvgIpc) is 2.41. The van der Waals surface area contributed by atoms with Crippen LogP contribution in [0.1, 0.15) is 13.3 Å². The zero-order valence-corrected chi connectivity index (χ0v) is 10.6. The van der Waals surface area contributed by atoms with Crippen molar-refractivity contribution in [2.45, 2.75) is 19.4 Å². The first kappa shape index (κ1) is 13.2. The number of fused-ring (bicyclic) bond motifs is 1. The lowest BCUT2D eigenvalue weighted by atomic mass is 10.1.